The molecule has 1 atom stereocenters. The molecule has 1 aromatic carbocycles. The molecule has 3 heterocycles. The van der Waals surface area contributed by atoms with Gasteiger partial charge in [-0.25, -0.2) is 4.99 Å². The Morgan fingerprint density at radius 2 is 2.00 bits per heavy atom. The molecule has 2 aromatic heterocycles. The largest absolute Gasteiger partial charge is 0.461 e. The van der Waals surface area contributed by atoms with Crippen molar-refractivity contribution in [3.8, 4) is 0 Å². The van der Waals surface area contributed by atoms with Crippen LogP contribution < -0.4 is 5.73 Å². The quantitative estimate of drug-likeness (QED) is 0.501. The molecule has 4 rings (SSSR count). The van der Waals surface area contributed by atoms with Gasteiger partial charge in [-0.3, -0.25) is 0 Å². The minimum Gasteiger partial charge on any atom is -0.461 e. The van der Waals surface area contributed by atoms with Crippen molar-refractivity contribution in [2.45, 2.75) is 25.3 Å². The molecule has 1 aliphatic heterocycles. The predicted molar refractivity (Wildman–Crippen MR) is 116 cm³/mol. The fourth-order valence-electron chi connectivity index (χ4n) is 3.64. The number of rotatable bonds is 3. The van der Waals surface area contributed by atoms with E-state index in [1.807, 2.05) is 18.2 Å². The van der Waals surface area contributed by atoms with Gasteiger partial charge in [0.1, 0.15) is 0 Å². The van der Waals surface area contributed by atoms with Gasteiger partial charge in [-0.2, -0.15) is 0 Å². The minimum absolute atomic E-state index is 0. The van der Waals surface area contributed by atoms with E-state index >= 15 is 0 Å². The summed E-state index contributed by atoms with van der Waals surface area (Å²) in [6.45, 7) is 2.33. The normalized spacial score (nSPS) is 18.6. The van der Waals surface area contributed by atoms with E-state index in [1.165, 1.54) is 36.7 Å². The zero-order valence-corrected chi connectivity index (χ0v) is 17.0. The van der Waals surface area contributed by atoms with E-state index in [9.17, 15) is 0 Å². The molecule has 0 aliphatic carbocycles. The molecule has 0 spiro atoms. The summed E-state index contributed by atoms with van der Waals surface area (Å²) in [5, 5.41) is 1.24. The van der Waals surface area contributed by atoms with E-state index in [4.69, 9.17) is 10.2 Å². The summed E-state index contributed by atoms with van der Waals surface area (Å²) in [5.74, 6) is 1.00. The number of benzene rings is 1. The van der Waals surface area contributed by atoms with Gasteiger partial charge < -0.3 is 19.6 Å². The molecule has 146 valence electrons. The van der Waals surface area contributed by atoms with Gasteiger partial charge >= 0.3 is 0 Å². The predicted octanol–water partition coefficient (Wildman–Crippen LogP) is 4.77. The van der Waals surface area contributed by atoms with Crippen LogP contribution in [0.3, 0.4) is 0 Å². The summed E-state index contributed by atoms with van der Waals surface area (Å²) in [6.07, 6.45) is 7.46. The third-order valence-corrected chi connectivity index (χ3v) is 5.04. The van der Waals surface area contributed by atoms with Crippen molar-refractivity contribution in [3.05, 3.63) is 54.6 Å². The zero-order chi connectivity index (χ0) is 17.2. The first-order valence-electron chi connectivity index (χ1n) is 8.88. The number of nitrogens with two attached hydrogens (primary N) is 1. The Morgan fingerprint density at radius 3 is 2.78 bits per heavy atom. The molecule has 1 saturated heterocycles. The van der Waals surface area contributed by atoms with Crippen LogP contribution >= 0.6 is 24.8 Å². The number of hydrogen-bond acceptors (Lipinski definition) is 3. The smallest absolute Gasteiger partial charge is 0.168 e. The van der Waals surface area contributed by atoms with E-state index < -0.39 is 0 Å². The highest BCUT2D eigenvalue weighted by molar-refractivity contribution is 5.97. The second kappa shape index (κ2) is 9.31. The summed E-state index contributed by atoms with van der Waals surface area (Å²) in [7, 11) is 2.21. The summed E-state index contributed by atoms with van der Waals surface area (Å²) >= 11 is 0. The van der Waals surface area contributed by atoms with Gasteiger partial charge in [0, 0.05) is 12.2 Å². The van der Waals surface area contributed by atoms with Crippen LogP contribution in [0.1, 0.15) is 31.1 Å². The van der Waals surface area contributed by atoms with Gasteiger partial charge in [0.05, 0.1) is 17.5 Å². The number of halogens is 2. The Morgan fingerprint density at radius 1 is 1.15 bits per heavy atom. The van der Waals surface area contributed by atoms with E-state index in [0.29, 0.717) is 17.6 Å². The number of likely N-dealkylation sites (tertiary alicyclic amines) is 1. The van der Waals surface area contributed by atoms with E-state index in [-0.39, 0.29) is 24.8 Å². The second-order valence-electron chi connectivity index (χ2n) is 6.83. The number of aromatic nitrogens is 1. The number of fused-ring (bicyclic) bond motifs is 1. The molecular weight excluding hydrogens is 383 g/mol. The van der Waals surface area contributed by atoms with Crippen LogP contribution in [0.5, 0.6) is 0 Å². The minimum atomic E-state index is 0. The number of aliphatic imine (C=N–C) groups is 1. The van der Waals surface area contributed by atoms with Crippen molar-refractivity contribution in [2.75, 3.05) is 20.1 Å². The monoisotopic (exact) mass is 408 g/mol. The number of furan rings is 1. The van der Waals surface area contributed by atoms with Crippen LogP contribution in [0.15, 0.2) is 58.3 Å². The highest BCUT2D eigenvalue weighted by Crippen LogP contribution is 2.30. The fourth-order valence-corrected chi connectivity index (χ4v) is 3.64. The van der Waals surface area contributed by atoms with Crippen LogP contribution in [0.2, 0.25) is 0 Å². The summed E-state index contributed by atoms with van der Waals surface area (Å²) in [5.41, 5.74) is 8.13. The van der Waals surface area contributed by atoms with Crippen molar-refractivity contribution < 1.29 is 4.42 Å². The maximum Gasteiger partial charge on any atom is 0.168 e. The molecule has 1 aliphatic rings. The maximum absolute atomic E-state index is 6.05. The number of nitrogens with zero attached hydrogens (tertiary/aromatic N) is 3. The lowest BCUT2D eigenvalue weighted by molar-refractivity contribution is 0.342. The van der Waals surface area contributed by atoms with Crippen molar-refractivity contribution >= 4 is 47.2 Å². The first-order chi connectivity index (χ1) is 12.2. The lowest BCUT2D eigenvalue weighted by Gasteiger charge is -2.18. The third-order valence-electron chi connectivity index (χ3n) is 5.04. The van der Waals surface area contributed by atoms with Crippen LogP contribution in [0.25, 0.3) is 10.9 Å². The molecular formula is C20H26Cl2N4O. The molecule has 27 heavy (non-hydrogen) atoms. The van der Waals surface area contributed by atoms with E-state index in [1.54, 1.807) is 6.26 Å². The molecule has 1 fully saturated rings. The van der Waals surface area contributed by atoms with Crippen molar-refractivity contribution in [3.63, 3.8) is 0 Å². The highest BCUT2D eigenvalue weighted by atomic mass is 35.5. The average Bonchev–Trinajstić information content (AvgIpc) is 3.23. The van der Waals surface area contributed by atoms with Gasteiger partial charge in [-0.05, 0) is 75.1 Å². The Bertz CT molecular complexity index is 889. The number of hydrogen-bond donors (Lipinski definition) is 1. The van der Waals surface area contributed by atoms with Gasteiger partial charge in [0.25, 0.3) is 0 Å². The van der Waals surface area contributed by atoms with Gasteiger partial charge in [-0.15, -0.1) is 24.8 Å². The third kappa shape index (κ3) is 4.67. The number of amidine groups is 1. The molecule has 3 aromatic rings. The van der Waals surface area contributed by atoms with Crippen LogP contribution in [-0.2, 0) is 0 Å². The van der Waals surface area contributed by atoms with Crippen LogP contribution in [-0.4, -0.2) is 35.4 Å². The van der Waals surface area contributed by atoms with Crippen molar-refractivity contribution in [2.24, 2.45) is 10.7 Å². The summed E-state index contributed by atoms with van der Waals surface area (Å²) < 4.78 is 7.73. The SMILES string of the molecule is CN1CCCC(n2ccc3ccc(N=C(N)c4ccco4)cc32)CC1.Cl.Cl. The molecule has 0 amide bonds. The first kappa shape index (κ1) is 21.4. The van der Waals surface area contributed by atoms with E-state index in [0.717, 1.165) is 12.2 Å². The van der Waals surface area contributed by atoms with Crippen molar-refractivity contribution in [1.29, 1.82) is 0 Å². The summed E-state index contributed by atoms with van der Waals surface area (Å²) in [4.78, 5) is 6.95. The Labute approximate surface area is 172 Å². The summed E-state index contributed by atoms with van der Waals surface area (Å²) in [6, 6.07) is 12.6. The molecule has 5 nitrogen and oxygen atoms in total. The lowest BCUT2D eigenvalue weighted by Crippen LogP contribution is -2.19. The Kier molecular flexibility index (Phi) is 7.36. The molecule has 2 N–H and O–H groups in total. The topological polar surface area (TPSA) is 59.7 Å². The van der Waals surface area contributed by atoms with E-state index in [2.05, 4.69) is 45.9 Å². The first-order valence-corrected chi connectivity index (χ1v) is 8.88. The van der Waals surface area contributed by atoms with Crippen molar-refractivity contribution in [1.82, 2.24) is 9.47 Å². The molecule has 0 bridgehead atoms. The second-order valence-corrected chi connectivity index (χ2v) is 6.83. The standard InChI is InChI=1S/C20H24N4O.2ClH/c1-23-10-2-4-17(9-11-23)24-12-8-15-6-7-16(14-18(15)24)22-20(21)19-5-3-13-25-19;;/h3,5-8,12-14,17H,2,4,9-11H2,1H3,(H2,21,22);2*1H. The van der Waals surface area contributed by atoms with Crippen LogP contribution in [0.4, 0.5) is 5.69 Å². The molecule has 0 radical (unpaired) electrons. The molecule has 0 saturated carbocycles. The van der Waals surface area contributed by atoms with Crippen LogP contribution in [0, 0.1) is 0 Å². The molecule has 1 unspecified atom stereocenters. The fraction of sp³-hybridized carbons (Fsp3) is 0.350. The lowest BCUT2D eigenvalue weighted by atomic mass is 10.1. The Balaban J connectivity index is 0.00000131. The molecule has 7 heteroatoms. The highest BCUT2D eigenvalue weighted by Gasteiger charge is 2.17. The van der Waals surface area contributed by atoms with Gasteiger partial charge in [0.15, 0.2) is 11.6 Å². The maximum atomic E-state index is 6.05. The average molecular weight is 409 g/mol. The van der Waals surface area contributed by atoms with Gasteiger partial charge in [0.2, 0.25) is 0 Å². The van der Waals surface area contributed by atoms with Gasteiger partial charge in [-0.1, -0.05) is 6.07 Å². The Hall–Kier alpha value is -1.95. The zero-order valence-electron chi connectivity index (χ0n) is 15.4.